The number of fused-ring (bicyclic) bond motifs is 1. The van der Waals surface area contributed by atoms with Crippen LogP contribution in [0.2, 0.25) is 0 Å². The van der Waals surface area contributed by atoms with E-state index < -0.39 is 17.6 Å². The highest BCUT2D eigenvalue weighted by atomic mass is 32.2. The number of amides is 2. The van der Waals surface area contributed by atoms with Gasteiger partial charge in [0.15, 0.2) is 15.3 Å². The number of ether oxygens (including phenoxy) is 1. The average molecular weight is 707 g/mol. The van der Waals surface area contributed by atoms with Crippen molar-refractivity contribution in [1.82, 2.24) is 19.7 Å². The van der Waals surface area contributed by atoms with E-state index in [0.717, 1.165) is 28.2 Å². The molecule has 6 aromatic rings. The molecular weight excluding hydrogens is 682 g/mol. The molecule has 2 heterocycles. The first kappa shape index (κ1) is 33.1. The molecule has 0 atom stereocenters. The smallest absolute Gasteiger partial charge is 0.418 e. The fraction of sp³-hybridized carbons (Fsp3) is 0.121. The lowest BCUT2D eigenvalue weighted by molar-refractivity contribution is -0.137. The van der Waals surface area contributed by atoms with Gasteiger partial charge in [-0.1, -0.05) is 72.1 Å². The van der Waals surface area contributed by atoms with E-state index in [-0.39, 0.29) is 29.7 Å². The van der Waals surface area contributed by atoms with Crippen molar-refractivity contribution >= 4 is 68.3 Å². The molecule has 0 aliphatic rings. The first-order valence-electron chi connectivity index (χ1n) is 14.3. The maximum atomic E-state index is 13.3. The molecule has 2 amide bonds. The lowest BCUT2D eigenvalue weighted by atomic mass is 10.1. The van der Waals surface area contributed by atoms with E-state index >= 15 is 0 Å². The number of rotatable bonds is 12. The molecular formula is C33H25F3N6O3S3. The van der Waals surface area contributed by atoms with Gasteiger partial charge in [0.05, 0.1) is 33.0 Å². The van der Waals surface area contributed by atoms with Crippen LogP contribution in [-0.2, 0) is 22.4 Å². The number of thiazole rings is 1. The van der Waals surface area contributed by atoms with Gasteiger partial charge in [0, 0.05) is 11.4 Å². The van der Waals surface area contributed by atoms with Crippen molar-refractivity contribution in [2.45, 2.75) is 22.3 Å². The molecule has 6 rings (SSSR count). The van der Waals surface area contributed by atoms with Gasteiger partial charge in [0.25, 0.3) is 0 Å². The van der Waals surface area contributed by atoms with Crippen LogP contribution < -0.4 is 15.4 Å². The lowest BCUT2D eigenvalue weighted by Crippen LogP contribution is -2.18. The molecule has 0 aliphatic carbocycles. The Kier molecular flexibility index (Phi) is 10.3. The lowest BCUT2D eigenvalue weighted by Gasteiger charge is -2.13. The molecule has 0 fully saturated rings. The van der Waals surface area contributed by atoms with Crippen molar-refractivity contribution in [2.24, 2.45) is 0 Å². The van der Waals surface area contributed by atoms with Crippen LogP contribution in [0.25, 0.3) is 15.9 Å². The molecule has 0 spiro atoms. The van der Waals surface area contributed by atoms with Crippen molar-refractivity contribution in [2.75, 3.05) is 22.1 Å². The Bertz CT molecular complexity index is 2040. The first-order chi connectivity index (χ1) is 23.2. The van der Waals surface area contributed by atoms with Crippen molar-refractivity contribution in [3.8, 4) is 11.4 Å². The summed E-state index contributed by atoms with van der Waals surface area (Å²) in [6, 6.07) is 29.1. The number of alkyl halides is 3. The zero-order valence-corrected chi connectivity index (χ0v) is 27.3. The normalized spacial score (nSPS) is 11.4. The van der Waals surface area contributed by atoms with Gasteiger partial charge in [-0.2, -0.15) is 13.2 Å². The predicted octanol–water partition coefficient (Wildman–Crippen LogP) is 7.94. The Morgan fingerprint density at radius 1 is 0.812 bits per heavy atom. The van der Waals surface area contributed by atoms with Crippen molar-refractivity contribution in [3.63, 3.8) is 0 Å². The van der Waals surface area contributed by atoms with E-state index in [1.54, 1.807) is 18.2 Å². The van der Waals surface area contributed by atoms with Crippen molar-refractivity contribution in [3.05, 3.63) is 115 Å². The molecule has 0 unspecified atom stereocenters. The minimum atomic E-state index is -4.58. The molecule has 15 heteroatoms. The molecule has 0 bridgehead atoms. The van der Waals surface area contributed by atoms with E-state index in [1.165, 1.54) is 41.3 Å². The highest BCUT2D eigenvalue weighted by Gasteiger charge is 2.33. The third-order valence-corrected chi connectivity index (χ3v) is 9.73. The Hall–Kier alpha value is -4.86. The van der Waals surface area contributed by atoms with Gasteiger partial charge >= 0.3 is 6.18 Å². The van der Waals surface area contributed by atoms with Gasteiger partial charge in [-0.25, -0.2) is 4.98 Å². The fourth-order valence-corrected chi connectivity index (χ4v) is 7.19. The number of anilines is 2. The summed E-state index contributed by atoms with van der Waals surface area (Å²) in [5, 5.41) is 14.4. The third kappa shape index (κ3) is 8.34. The van der Waals surface area contributed by atoms with Crippen molar-refractivity contribution in [1.29, 1.82) is 0 Å². The van der Waals surface area contributed by atoms with Crippen LogP contribution >= 0.6 is 34.9 Å². The maximum Gasteiger partial charge on any atom is 0.418 e. The first-order valence-corrected chi connectivity index (χ1v) is 17.1. The number of thioether (sulfide) groups is 2. The van der Waals surface area contributed by atoms with E-state index in [2.05, 4.69) is 25.8 Å². The van der Waals surface area contributed by atoms with Gasteiger partial charge in [0.2, 0.25) is 11.8 Å². The van der Waals surface area contributed by atoms with Gasteiger partial charge in [-0.3, -0.25) is 14.2 Å². The second kappa shape index (κ2) is 14.9. The number of halogens is 3. The molecule has 2 aromatic heterocycles. The zero-order chi connectivity index (χ0) is 33.5. The number of carbonyl (C=O) groups is 2. The van der Waals surface area contributed by atoms with E-state index in [1.807, 2.05) is 65.2 Å². The summed E-state index contributed by atoms with van der Waals surface area (Å²) in [5.74, 6) is 0.397. The summed E-state index contributed by atoms with van der Waals surface area (Å²) >= 11 is 3.67. The van der Waals surface area contributed by atoms with Crippen LogP contribution in [0.3, 0.4) is 0 Å². The molecule has 2 N–H and O–H groups in total. The number of aromatic nitrogens is 4. The Morgan fingerprint density at radius 3 is 2.27 bits per heavy atom. The minimum absolute atomic E-state index is 0.0684. The summed E-state index contributed by atoms with van der Waals surface area (Å²) in [7, 11) is 0. The van der Waals surface area contributed by atoms with Crippen LogP contribution in [0.4, 0.5) is 24.5 Å². The Labute approximate surface area is 284 Å². The van der Waals surface area contributed by atoms with Gasteiger partial charge in [-0.15, -0.1) is 21.5 Å². The summed E-state index contributed by atoms with van der Waals surface area (Å²) in [6.07, 6.45) is -4.58. The average Bonchev–Trinajstić information content (AvgIpc) is 3.69. The molecule has 9 nitrogen and oxygen atoms in total. The number of hydrogen-bond donors (Lipinski definition) is 2. The standard InChI is InChI=1S/C33H25F3N6O3S3/c34-33(35,36)24-13-7-8-14-25(24)38-30(44)20-47-32-39-26-16-15-21(17-27(26)48-32)37-29(43)19-46-31-41-40-28(18-45-23-11-5-2-6-12-23)42(31)22-9-3-1-4-10-22/h1-17H,18-20H2,(H,37,43)(H,38,44). The van der Waals surface area contributed by atoms with Crippen LogP contribution in [-0.4, -0.2) is 43.1 Å². The summed E-state index contributed by atoms with van der Waals surface area (Å²) in [5.41, 5.74) is 0.865. The third-order valence-electron chi connectivity index (χ3n) is 6.64. The monoisotopic (exact) mass is 706 g/mol. The quantitative estimate of drug-likeness (QED) is 0.124. The number of para-hydroxylation sites is 3. The second-order valence-corrected chi connectivity index (χ2v) is 13.2. The van der Waals surface area contributed by atoms with E-state index in [9.17, 15) is 22.8 Å². The highest BCUT2D eigenvalue weighted by Crippen LogP contribution is 2.35. The van der Waals surface area contributed by atoms with Gasteiger partial charge < -0.3 is 15.4 Å². The zero-order valence-electron chi connectivity index (χ0n) is 24.8. The maximum absolute atomic E-state index is 13.3. The predicted molar refractivity (Wildman–Crippen MR) is 182 cm³/mol. The summed E-state index contributed by atoms with van der Waals surface area (Å²) in [4.78, 5) is 29.9. The van der Waals surface area contributed by atoms with Crippen LogP contribution in [0, 0.1) is 0 Å². The van der Waals surface area contributed by atoms with E-state index in [4.69, 9.17) is 4.74 Å². The van der Waals surface area contributed by atoms with E-state index in [0.29, 0.717) is 32.3 Å². The molecule has 48 heavy (non-hydrogen) atoms. The topological polar surface area (TPSA) is 111 Å². The second-order valence-electron chi connectivity index (χ2n) is 10.1. The molecule has 0 saturated heterocycles. The fourth-order valence-electron chi connectivity index (χ4n) is 4.51. The molecule has 244 valence electrons. The van der Waals surface area contributed by atoms with Gasteiger partial charge in [-0.05, 0) is 54.6 Å². The number of benzene rings is 4. The van der Waals surface area contributed by atoms with Crippen LogP contribution in [0.15, 0.2) is 113 Å². The molecule has 4 aromatic carbocycles. The van der Waals surface area contributed by atoms with Gasteiger partial charge in [0.1, 0.15) is 12.4 Å². The number of hydrogen-bond acceptors (Lipinski definition) is 9. The van der Waals surface area contributed by atoms with Crippen LogP contribution in [0.1, 0.15) is 11.4 Å². The minimum Gasteiger partial charge on any atom is -0.486 e. The number of carbonyl (C=O) groups excluding carboxylic acids is 2. The Morgan fingerprint density at radius 2 is 1.50 bits per heavy atom. The van der Waals surface area contributed by atoms with Crippen molar-refractivity contribution < 1.29 is 27.5 Å². The molecule has 0 radical (unpaired) electrons. The molecule has 0 saturated carbocycles. The summed E-state index contributed by atoms with van der Waals surface area (Å²) < 4.78 is 48.9. The van der Waals surface area contributed by atoms with Crippen LogP contribution in [0.5, 0.6) is 5.75 Å². The molecule has 0 aliphatic heterocycles. The number of nitrogens with zero attached hydrogens (tertiary/aromatic N) is 4. The largest absolute Gasteiger partial charge is 0.486 e. The Balaban J connectivity index is 1.06. The summed E-state index contributed by atoms with van der Waals surface area (Å²) in [6.45, 7) is 0.185. The highest BCUT2D eigenvalue weighted by molar-refractivity contribution is 8.01. The SMILES string of the molecule is O=C(CSc1nnc(COc2ccccc2)n1-c1ccccc1)Nc1ccc2nc(SCC(=O)Nc3ccccc3C(F)(F)F)sc2c1. The number of nitrogens with one attached hydrogen (secondary N) is 2.